The molecule has 2 N–H and O–H groups in total. The predicted octanol–water partition coefficient (Wildman–Crippen LogP) is 3.75. The first-order chi connectivity index (χ1) is 11.4. The highest BCUT2D eigenvalue weighted by Gasteiger charge is 2.14. The molecule has 0 atom stereocenters. The van der Waals surface area contributed by atoms with Crippen LogP contribution in [0.2, 0.25) is 10.0 Å². The molecule has 0 saturated heterocycles. The number of anilines is 2. The quantitative estimate of drug-likeness (QED) is 0.847. The van der Waals surface area contributed by atoms with Crippen LogP contribution < -0.4 is 10.6 Å². The SMILES string of the molecule is CN(C)C(=O)c1ccc(Cl)cc1NCC(=O)Nc1cccc(Cl)c1. The number of carbonyl (C=O) groups is 2. The van der Waals surface area contributed by atoms with Crippen molar-refractivity contribution in [3.8, 4) is 0 Å². The van der Waals surface area contributed by atoms with Crippen LogP contribution in [0.3, 0.4) is 0 Å². The molecule has 2 aromatic rings. The molecule has 0 aliphatic carbocycles. The summed E-state index contributed by atoms with van der Waals surface area (Å²) in [7, 11) is 3.32. The van der Waals surface area contributed by atoms with E-state index in [9.17, 15) is 9.59 Å². The molecule has 0 aromatic heterocycles. The maximum Gasteiger partial charge on any atom is 0.255 e. The maximum atomic E-state index is 12.2. The van der Waals surface area contributed by atoms with Crippen LogP contribution in [0.4, 0.5) is 11.4 Å². The van der Waals surface area contributed by atoms with Gasteiger partial charge in [-0.1, -0.05) is 29.3 Å². The molecule has 2 rings (SSSR count). The van der Waals surface area contributed by atoms with Crippen molar-refractivity contribution >= 4 is 46.4 Å². The van der Waals surface area contributed by atoms with Crippen LogP contribution in [-0.4, -0.2) is 37.4 Å². The summed E-state index contributed by atoms with van der Waals surface area (Å²) in [6.07, 6.45) is 0. The molecule has 0 spiro atoms. The summed E-state index contributed by atoms with van der Waals surface area (Å²) in [5.41, 5.74) is 1.55. The lowest BCUT2D eigenvalue weighted by Gasteiger charge is -2.15. The van der Waals surface area contributed by atoms with Gasteiger partial charge in [0.2, 0.25) is 5.91 Å². The molecule has 126 valence electrons. The van der Waals surface area contributed by atoms with Gasteiger partial charge in [0.05, 0.1) is 12.1 Å². The van der Waals surface area contributed by atoms with Gasteiger partial charge in [-0.3, -0.25) is 9.59 Å². The molecular formula is C17H17Cl2N3O2. The molecule has 24 heavy (non-hydrogen) atoms. The van der Waals surface area contributed by atoms with Crippen LogP contribution in [0.25, 0.3) is 0 Å². The summed E-state index contributed by atoms with van der Waals surface area (Å²) in [4.78, 5) is 25.7. The minimum Gasteiger partial charge on any atom is -0.375 e. The third kappa shape index (κ3) is 4.88. The molecule has 5 nitrogen and oxygen atoms in total. The molecule has 0 heterocycles. The normalized spacial score (nSPS) is 10.2. The Morgan fingerprint density at radius 2 is 1.75 bits per heavy atom. The average Bonchev–Trinajstić information content (AvgIpc) is 2.52. The zero-order valence-electron chi connectivity index (χ0n) is 13.3. The van der Waals surface area contributed by atoms with Crippen molar-refractivity contribution in [3.63, 3.8) is 0 Å². The summed E-state index contributed by atoms with van der Waals surface area (Å²) in [5, 5.41) is 6.68. The van der Waals surface area contributed by atoms with E-state index in [-0.39, 0.29) is 18.4 Å². The van der Waals surface area contributed by atoms with E-state index < -0.39 is 0 Å². The first kappa shape index (κ1) is 18.1. The third-order valence-electron chi connectivity index (χ3n) is 3.17. The second kappa shape index (κ2) is 8.04. The van der Waals surface area contributed by atoms with E-state index in [0.29, 0.717) is 27.0 Å². The van der Waals surface area contributed by atoms with Crippen molar-refractivity contribution in [1.29, 1.82) is 0 Å². The number of benzene rings is 2. The second-order valence-corrected chi connectivity index (χ2v) is 6.17. The number of nitrogens with zero attached hydrogens (tertiary/aromatic N) is 1. The van der Waals surface area contributed by atoms with Crippen LogP contribution in [-0.2, 0) is 4.79 Å². The van der Waals surface area contributed by atoms with Gasteiger partial charge in [-0.2, -0.15) is 0 Å². The van der Waals surface area contributed by atoms with Gasteiger partial charge in [-0.15, -0.1) is 0 Å². The topological polar surface area (TPSA) is 61.4 Å². The number of rotatable bonds is 5. The first-order valence-corrected chi connectivity index (χ1v) is 7.93. The Morgan fingerprint density at radius 1 is 1.04 bits per heavy atom. The van der Waals surface area contributed by atoms with E-state index in [2.05, 4.69) is 10.6 Å². The largest absolute Gasteiger partial charge is 0.375 e. The smallest absolute Gasteiger partial charge is 0.255 e. The monoisotopic (exact) mass is 365 g/mol. The van der Waals surface area contributed by atoms with Gasteiger partial charge in [-0.25, -0.2) is 0 Å². The summed E-state index contributed by atoms with van der Waals surface area (Å²) >= 11 is 11.9. The number of carbonyl (C=O) groups excluding carboxylic acids is 2. The molecule has 0 aliphatic heterocycles. The molecule has 0 radical (unpaired) electrons. The van der Waals surface area contributed by atoms with E-state index in [1.807, 2.05) is 0 Å². The number of hydrogen-bond donors (Lipinski definition) is 2. The fraction of sp³-hybridized carbons (Fsp3) is 0.176. The van der Waals surface area contributed by atoms with Crippen molar-refractivity contribution in [3.05, 3.63) is 58.1 Å². The van der Waals surface area contributed by atoms with Gasteiger partial charge in [0.1, 0.15) is 0 Å². The standard InChI is InChI=1S/C17H17Cl2N3O2/c1-22(2)17(24)14-7-6-12(19)9-15(14)20-10-16(23)21-13-5-3-4-11(18)8-13/h3-9,20H,10H2,1-2H3,(H,21,23). The van der Waals surface area contributed by atoms with Crippen molar-refractivity contribution in [2.45, 2.75) is 0 Å². The number of hydrogen-bond acceptors (Lipinski definition) is 3. The van der Waals surface area contributed by atoms with Crippen molar-refractivity contribution in [2.24, 2.45) is 0 Å². The number of nitrogens with one attached hydrogen (secondary N) is 2. The van der Waals surface area contributed by atoms with Gasteiger partial charge < -0.3 is 15.5 Å². The summed E-state index contributed by atoms with van der Waals surface area (Å²) in [6.45, 7) is -0.0133. The van der Waals surface area contributed by atoms with Crippen LogP contribution in [0, 0.1) is 0 Å². The van der Waals surface area contributed by atoms with Gasteiger partial charge in [0.15, 0.2) is 0 Å². The molecular weight excluding hydrogens is 349 g/mol. The molecule has 0 aliphatic rings. The van der Waals surface area contributed by atoms with Gasteiger partial charge in [-0.05, 0) is 36.4 Å². The average molecular weight is 366 g/mol. The van der Waals surface area contributed by atoms with E-state index in [0.717, 1.165) is 0 Å². The minimum absolute atomic E-state index is 0.0133. The fourth-order valence-electron chi connectivity index (χ4n) is 2.04. The Kier molecular flexibility index (Phi) is 6.06. The molecule has 2 aromatic carbocycles. The van der Waals surface area contributed by atoms with E-state index in [1.54, 1.807) is 56.6 Å². The van der Waals surface area contributed by atoms with Gasteiger partial charge >= 0.3 is 0 Å². The van der Waals surface area contributed by atoms with Crippen LogP contribution >= 0.6 is 23.2 Å². The highest BCUT2D eigenvalue weighted by atomic mass is 35.5. The number of halogens is 2. The molecule has 0 saturated carbocycles. The highest BCUT2D eigenvalue weighted by molar-refractivity contribution is 6.31. The minimum atomic E-state index is -0.263. The zero-order chi connectivity index (χ0) is 17.7. The van der Waals surface area contributed by atoms with Gasteiger partial charge in [0, 0.05) is 35.5 Å². The lowest BCUT2D eigenvalue weighted by molar-refractivity contribution is -0.114. The van der Waals surface area contributed by atoms with E-state index in [1.165, 1.54) is 4.90 Å². The predicted molar refractivity (Wildman–Crippen MR) is 98.0 cm³/mol. The number of amides is 2. The first-order valence-electron chi connectivity index (χ1n) is 7.17. The Morgan fingerprint density at radius 3 is 2.42 bits per heavy atom. The Bertz CT molecular complexity index is 763. The van der Waals surface area contributed by atoms with Crippen LogP contribution in [0.15, 0.2) is 42.5 Å². The fourth-order valence-corrected chi connectivity index (χ4v) is 2.40. The Balaban J connectivity index is 2.07. The lowest BCUT2D eigenvalue weighted by Crippen LogP contribution is -2.25. The van der Waals surface area contributed by atoms with Crippen LogP contribution in [0.1, 0.15) is 10.4 Å². The lowest BCUT2D eigenvalue weighted by atomic mass is 10.1. The molecule has 2 amide bonds. The summed E-state index contributed by atoms with van der Waals surface area (Å²) in [5.74, 6) is -0.440. The van der Waals surface area contributed by atoms with E-state index >= 15 is 0 Å². The van der Waals surface area contributed by atoms with Gasteiger partial charge in [0.25, 0.3) is 5.91 Å². The molecule has 0 unspecified atom stereocenters. The molecule has 7 heteroatoms. The zero-order valence-corrected chi connectivity index (χ0v) is 14.8. The molecule has 0 fully saturated rings. The van der Waals surface area contributed by atoms with Crippen molar-refractivity contribution in [2.75, 3.05) is 31.3 Å². The molecule has 0 bridgehead atoms. The third-order valence-corrected chi connectivity index (χ3v) is 3.64. The Labute approximate surface area is 150 Å². The van der Waals surface area contributed by atoms with Crippen molar-refractivity contribution < 1.29 is 9.59 Å². The maximum absolute atomic E-state index is 12.2. The Hall–Kier alpha value is -2.24. The van der Waals surface area contributed by atoms with E-state index in [4.69, 9.17) is 23.2 Å². The second-order valence-electron chi connectivity index (χ2n) is 5.30. The summed E-state index contributed by atoms with van der Waals surface area (Å²) in [6, 6.07) is 11.7. The van der Waals surface area contributed by atoms with Crippen molar-refractivity contribution in [1.82, 2.24) is 4.90 Å². The summed E-state index contributed by atoms with van der Waals surface area (Å²) < 4.78 is 0. The highest BCUT2D eigenvalue weighted by Crippen LogP contribution is 2.22. The van der Waals surface area contributed by atoms with Crippen LogP contribution in [0.5, 0.6) is 0 Å².